The first-order valence-electron chi connectivity index (χ1n) is 12.1. The highest BCUT2D eigenvalue weighted by molar-refractivity contribution is 5.80. The van der Waals surface area contributed by atoms with Crippen molar-refractivity contribution in [3.05, 3.63) is 35.4 Å². The highest BCUT2D eigenvalue weighted by atomic mass is 16.2. The van der Waals surface area contributed by atoms with Crippen LogP contribution in [0.4, 0.5) is 11.4 Å². The average molecular weight is 451 g/mol. The van der Waals surface area contributed by atoms with Crippen molar-refractivity contribution >= 4 is 23.5 Å². The smallest absolute Gasteiger partial charge is 0.234 e. The second kappa shape index (κ2) is 12.0. The summed E-state index contributed by atoms with van der Waals surface area (Å²) in [4.78, 5) is 24.3. The molecule has 1 N–H and O–H groups in total. The van der Waals surface area contributed by atoms with E-state index in [9.17, 15) is 10.1 Å². The van der Waals surface area contributed by atoms with E-state index >= 15 is 0 Å². The summed E-state index contributed by atoms with van der Waals surface area (Å²) < 4.78 is 0. The Morgan fingerprint density at radius 3 is 2.85 bits per heavy atom. The SMILES string of the molecule is C/C=C/C=N\c1c(C#N)ccc(N2C[C@@H](C)C[C@@H](NC(=O)CN3CCCN(C)CC3)C2)c1C. The highest BCUT2D eigenvalue weighted by Crippen LogP contribution is 2.34. The minimum atomic E-state index is 0.112. The molecule has 2 atom stereocenters. The lowest BCUT2D eigenvalue weighted by molar-refractivity contribution is -0.123. The average Bonchev–Trinajstić information content (AvgIpc) is 2.98. The normalized spacial score (nSPS) is 23.1. The third kappa shape index (κ3) is 6.89. The molecular weight excluding hydrogens is 412 g/mol. The third-order valence-corrected chi connectivity index (χ3v) is 6.55. The molecule has 33 heavy (non-hydrogen) atoms. The zero-order valence-corrected chi connectivity index (χ0v) is 20.5. The Morgan fingerprint density at radius 2 is 2.09 bits per heavy atom. The van der Waals surface area contributed by atoms with Crippen LogP contribution in [0.5, 0.6) is 0 Å². The van der Waals surface area contributed by atoms with Crippen LogP contribution < -0.4 is 10.2 Å². The fourth-order valence-corrected chi connectivity index (χ4v) is 4.88. The lowest BCUT2D eigenvalue weighted by Crippen LogP contribution is -2.52. The van der Waals surface area contributed by atoms with E-state index in [4.69, 9.17) is 0 Å². The van der Waals surface area contributed by atoms with Crippen molar-refractivity contribution in [2.45, 2.75) is 39.7 Å². The molecule has 1 aromatic carbocycles. The standard InChI is InChI=1S/C26H38N6O/c1-5-6-10-28-26-21(3)24(9-8-22(26)16-27)32-17-20(2)15-23(18-32)29-25(33)19-31-12-7-11-30(4)13-14-31/h5-6,8-10,20,23H,7,11-15,17-19H2,1-4H3,(H,29,33)/b6-5+,28-10-/t20-,23+/m0/s1. The molecular formula is C26H38N6O. The fraction of sp³-hybridized carbons (Fsp3) is 0.577. The van der Waals surface area contributed by atoms with Gasteiger partial charge in [-0.2, -0.15) is 5.26 Å². The molecule has 0 radical (unpaired) electrons. The molecule has 0 aliphatic carbocycles. The Hall–Kier alpha value is -2.69. The second-order valence-corrected chi connectivity index (χ2v) is 9.46. The summed E-state index contributed by atoms with van der Waals surface area (Å²) in [7, 11) is 2.14. The molecule has 3 rings (SSSR count). The van der Waals surface area contributed by atoms with Gasteiger partial charge in [-0.05, 0) is 76.5 Å². The number of amides is 1. The van der Waals surface area contributed by atoms with Gasteiger partial charge in [0.05, 0.1) is 17.8 Å². The summed E-state index contributed by atoms with van der Waals surface area (Å²) in [6, 6.07) is 6.25. The molecule has 0 bridgehead atoms. The maximum absolute atomic E-state index is 12.8. The molecule has 7 heteroatoms. The zero-order valence-electron chi connectivity index (χ0n) is 20.5. The largest absolute Gasteiger partial charge is 0.369 e. The van der Waals surface area contributed by atoms with Crippen LogP contribution >= 0.6 is 0 Å². The van der Waals surface area contributed by atoms with Gasteiger partial charge in [-0.25, -0.2) is 0 Å². The van der Waals surface area contributed by atoms with Crippen molar-refractivity contribution in [1.29, 1.82) is 5.26 Å². The number of anilines is 1. The predicted octanol–water partition coefficient (Wildman–Crippen LogP) is 3.11. The lowest BCUT2D eigenvalue weighted by Gasteiger charge is -2.39. The summed E-state index contributed by atoms with van der Waals surface area (Å²) in [6.45, 7) is 12.4. The monoisotopic (exact) mass is 450 g/mol. The van der Waals surface area contributed by atoms with Crippen LogP contribution in [0.15, 0.2) is 29.3 Å². The Kier molecular flexibility index (Phi) is 9.04. The number of likely N-dealkylation sites (N-methyl/N-ethyl adjacent to an activating group) is 1. The Balaban J connectivity index is 1.69. The van der Waals surface area contributed by atoms with E-state index in [2.05, 4.69) is 45.0 Å². The number of nitrogens with one attached hydrogen (secondary N) is 1. The van der Waals surface area contributed by atoms with Crippen molar-refractivity contribution in [1.82, 2.24) is 15.1 Å². The molecule has 2 heterocycles. The van der Waals surface area contributed by atoms with Gasteiger partial charge in [0.15, 0.2) is 0 Å². The molecule has 0 unspecified atom stereocenters. The number of carbonyl (C=O) groups is 1. The molecule has 2 aliphatic rings. The fourth-order valence-electron chi connectivity index (χ4n) is 4.88. The first-order chi connectivity index (χ1) is 15.9. The number of nitriles is 1. The van der Waals surface area contributed by atoms with E-state index in [1.807, 2.05) is 38.1 Å². The minimum Gasteiger partial charge on any atom is -0.369 e. The molecule has 2 saturated heterocycles. The Labute approximate surface area is 198 Å². The van der Waals surface area contributed by atoms with Crippen molar-refractivity contribution in [3.63, 3.8) is 0 Å². The van der Waals surface area contributed by atoms with Gasteiger partial charge in [-0.3, -0.25) is 14.7 Å². The topological polar surface area (TPSA) is 75.0 Å². The van der Waals surface area contributed by atoms with Gasteiger partial charge in [0.1, 0.15) is 6.07 Å². The van der Waals surface area contributed by atoms with Crippen LogP contribution in [0.3, 0.4) is 0 Å². The maximum atomic E-state index is 12.8. The van der Waals surface area contributed by atoms with Crippen molar-refractivity contribution in [2.75, 3.05) is 57.8 Å². The van der Waals surface area contributed by atoms with Crippen molar-refractivity contribution in [3.8, 4) is 6.07 Å². The van der Waals surface area contributed by atoms with E-state index in [0.29, 0.717) is 18.0 Å². The maximum Gasteiger partial charge on any atom is 0.234 e. The van der Waals surface area contributed by atoms with E-state index in [0.717, 1.165) is 69.0 Å². The molecule has 0 saturated carbocycles. The van der Waals surface area contributed by atoms with Gasteiger partial charge in [-0.15, -0.1) is 0 Å². The number of carbonyl (C=O) groups excluding carboxylic acids is 1. The number of hydrogen-bond donors (Lipinski definition) is 1. The summed E-state index contributed by atoms with van der Waals surface area (Å²) in [6.07, 6.45) is 7.60. The summed E-state index contributed by atoms with van der Waals surface area (Å²) in [5.74, 6) is 0.577. The number of piperidine rings is 1. The number of benzene rings is 1. The molecule has 178 valence electrons. The van der Waals surface area contributed by atoms with Crippen LogP contribution in [0.25, 0.3) is 0 Å². The van der Waals surface area contributed by atoms with Crippen molar-refractivity contribution < 1.29 is 4.79 Å². The van der Waals surface area contributed by atoms with E-state index in [1.165, 1.54) is 0 Å². The predicted molar refractivity (Wildman–Crippen MR) is 135 cm³/mol. The molecule has 0 spiro atoms. The number of aliphatic imine (C=N–C) groups is 1. The first-order valence-corrected chi connectivity index (χ1v) is 12.1. The molecule has 1 aromatic rings. The number of allylic oxidation sites excluding steroid dienone is 2. The van der Waals surface area contributed by atoms with Crippen LogP contribution in [-0.2, 0) is 4.79 Å². The van der Waals surface area contributed by atoms with Crippen LogP contribution in [0, 0.1) is 24.2 Å². The molecule has 2 aliphatic heterocycles. The number of hydrogen-bond acceptors (Lipinski definition) is 6. The number of rotatable bonds is 6. The van der Waals surface area contributed by atoms with Crippen LogP contribution in [0.1, 0.15) is 37.8 Å². The Bertz CT molecular complexity index is 918. The molecule has 1 amide bonds. The zero-order chi connectivity index (χ0) is 23.8. The lowest BCUT2D eigenvalue weighted by atomic mass is 9.94. The summed E-state index contributed by atoms with van der Waals surface area (Å²) in [5.41, 5.74) is 3.39. The molecule has 2 fully saturated rings. The highest BCUT2D eigenvalue weighted by Gasteiger charge is 2.28. The quantitative estimate of drug-likeness (QED) is 0.674. The second-order valence-electron chi connectivity index (χ2n) is 9.46. The summed E-state index contributed by atoms with van der Waals surface area (Å²) >= 11 is 0. The van der Waals surface area contributed by atoms with E-state index in [-0.39, 0.29) is 11.9 Å². The van der Waals surface area contributed by atoms with Crippen molar-refractivity contribution in [2.24, 2.45) is 10.9 Å². The van der Waals surface area contributed by atoms with E-state index in [1.54, 1.807) is 6.21 Å². The van der Waals surface area contributed by atoms with Gasteiger partial charge in [0, 0.05) is 44.1 Å². The minimum absolute atomic E-state index is 0.112. The Morgan fingerprint density at radius 1 is 1.27 bits per heavy atom. The van der Waals surface area contributed by atoms with Gasteiger partial charge in [0.25, 0.3) is 0 Å². The molecule has 0 aromatic heterocycles. The third-order valence-electron chi connectivity index (χ3n) is 6.55. The van der Waals surface area contributed by atoms with Gasteiger partial charge < -0.3 is 15.1 Å². The molecule has 7 nitrogen and oxygen atoms in total. The van der Waals surface area contributed by atoms with Gasteiger partial charge in [0.2, 0.25) is 5.91 Å². The van der Waals surface area contributed by atoms with Gasteiger partial charge >= 0.3 is 0 Å². The van der Waals surface area contributed by atoms with Gasteiger partial charge in [-0.1, -0.05) is 13.0 Å². The van der Waals surface area contributed by atoms with Crippen LogP contribution in [-0.4, -0.2) is 80.8 Å². The summed E-state index contributed by atoms with van der Waals surface area (Å²) in [5, 5.41) is 12.8. The first kappa shape index (κ1) is 24.9. The van der Waals surface area contributed by atoms with E-state index < -0.39 is 0 Å². The van der Waals surface area contributed by atoms with Crippen LogP contribution in [0.2, 0.25) is 0 Å². The number of nitrogens with zero attached hydrogens (tertiary/aromatic N) is 5.